The smallest absolute Gasteiger partial charge is 0.121 e. The summed E-state index contributed by atoms with van der Waals surface area (Å²) in [6, 6.07) is 0. The topological polar surface area (TPSA) is 9.23 Å². The van der Waals surface area contributed by atoms with Gasteiger partial charge in [0.1, 0.15) is 11.9 Å². The molecule has 0 radical (unpaired) electrons. The average Bonchev–Trinajstić information content (AvgIpc) is 2.54. The monoisotopic (exact) mass is 190 g/mol. The van der Waals surface area contributed by atoms with Crippen molar-refractivity contribution in [1.82, 2.24) is 0 Å². The summed E-state index contributed by atoms with van der Waals surface area (Å²) in [5.74, 6) is 0.886. The van der Waals surface area contributed by atoms with Gasteiger partial charge in [0.25, 0.3) is 0 Å². The lowest BCUT2D eigenvalue weighted by molar-refractivity contribution is 0.161. The Hall–Kier alpha value is -0.980. The quantitative estimate of drug-likeness (QED) is 0.658. The van der Waals surface area contributed by atoms with Gasteiger partial charge in [0, 0.05) is 5.57 Å². The van der Waals surface area contributed by atoms with Gasteiger partial charge in [-0.15, -0.1) is 0 Å². The molecule has 2 rings (SSSR count). The Labute approximate surface area is 86.2 Å². The van der Waals surface area contributed by atoms with Crippen LogP contribution in [0.2, 0.25) is 0 Å². The van der Waals surface area contributed by atoms with Crippen LogP contribution in [0.25, 0.3) is 0 Å². The molecule has 0 aromatic heterocycles. The van der Waals surface area contributed by atoms with Gasteiger partial charge in [-0.25, -0.2) is 0 Å². The first kappa shape index (κ1) is 9.57. The Morgan fingerprint density at radius 2 is 2.43 bits per heavy atom. The Bertz CT molecular complexity index is 296. The maximum absolute atomic E-state index is 5.79. The van der Waals surface area contributed by atoms with Gasteiger partial charge in [0.2, 0.25) is 0 Å². The molecule has 2 aliphatic rings. The lowest BCUT2D eigenvalue weighted by Crippen LogP contribution is -2.09. The molecule has 0 fully saturated rings. The molecular formula is C13H18O. The SMILES string of the molecule is C=C1OC(CCCC)C2=C1C=CCC2. The molecule has 1 aliphatic heterocycles. The minimum atomic E-state index is 0.336. The van der Waals surface area contributed by atoms with Crippen LogP contribution < -0.4 is 0 Å². The molecule has 1 aliphatic carbocycles. The van der Waals surface area contributed by atoms with Crippen LogP contribution in [-0.4, -0.2) is 6.10 Å². The highest BCUT2D eigenvalue weighted by Crippen LogP contribution is 2.37. The summed E-state index contributed by atoms with van der Waals surface area (Å²) in [4.78, 5) is 0. The van der Waals surface area contributed by atoms with Gasteiger partial charge in [-0.1, -0.05) is 32.1 Å². The van der Waals surface area contributed by atoms with Crippen LogP contribution in [-0.2, 0) is 4.74 Å². The zero-order valence-electron chi connectivity index (χ0n) is 8.88. The van der Waals surface area contributed by atoms with Crippen molar-refractivity contribution in [2.75, 3.05) is 0 Å². The fraction of sp³-hybridized carbons (Fsp3) is 0.538. The fourth-order valence-corrected chi connectivity index (χ4v) is 2.22. The summed E-state index contributed by atoms with van der Waals surface area (Å²) in [5, 5.41) is 0. The summed E-state index contributed by atoms with van der Waals surface area (Å²) in [5.41, 5.74) is 2.77. The second-order valence-corrected chi connectivity index (χ2v) is 4.05. The van der Waals surface area contributed by atoms with E-state index in [0.29, 0.717) is 6.10 Å². The highest BCUT2D eigenvalue weighted by Gasteiger charge is 2.28. The van der Waals surface area contributed by atoms with Crippen molar-refractivity contribution in [2.45, 2.75) is 45.1 Å². The predicted octanol–water partition coefficient (Wildman–Crippen LogP) is 3.74. The molecule has 0 saturated carbocycles. The van der Waals surface area contributed by atoms with Crippen LogP contribution >= 0.6 is 0 Å². The average molecular weight is 190 g/mol. The van der Waals surface area contributed by atoms with Crippen molar-refractivity contribution >= 4 is 0 Å². The lowest BCUT2D eigenvalue weighted by atomic mass is 9.93. The van der Waals surface area contributed by atoms with Gasteiger partial charge in [0.15, 0.2) is 0 Å². The first-order valence-electron chi connectivity index (χ1n) is 5.58. The summed E-state index contributed by atoms with van der Waals surface area (Å²) in [7, 11) is 0. The molecule has 0 spiro atoms. The van der Waals surface area contributed by atoms with E-state index in [9.17, 15) is 0 Å². The van der Waals surface area contributed by atoms with Crippen LogP contribution in [0, 0.1) is 0 Å². The summed E-state index contributed by atoms with van der Waals surface area (Å²) < 4.78 is 5.79. The molecule has 1 nitrogen and oxygen atoms in total. The van der Waals surface area contributed by atoms with Crippen molar-refractivity contribution < 1.29 is 4.74 Å². The van der Waals surface area contributed by atoms with Crippen molar-refractivity contribution in [3.05, 3.63) is 35.6 Å². The van der Waals surface area contributed by atoms with E-state index in [4.69, 9.17) is 4.74 Å². The van der Waals surface area contributed by atoms with E-state index >= 15 is 0 Å². The van der Waals surface area contributed by atoms with E-state index in [1.54, 1.807) is 0 Å². The molecular weight excluding hydrogens is 172 g/mol. The third-order valence-electron chi connectivity index (χ3n) is 3.00. The van der Waals surface area contributed by atoms with Crippen LogP contribution in [0.1, 0.15) is 39.0 Å². The summed E-state index contributed by atoms with van der Waals surface area (Å²) >= 11 is 0. The molecule has 1 heteroatoms. The molecule has 14 heavy (non-hydrogen) atoms. The molecule has 1 heterocycles. The van der Waals surface area contributed by atoms with Gasteiger partial charge in [0.05, 0.1) is 0 Å². The Balaban J connectivity index is 2.11. The van der Waals surface area contributed by atoms with Crippen molar-refractivity contribution in [2.24, 2.45) is 0 Å². The van der Waals surface area contributed by atoms with Crippen molar-refractivity contribution in [3.63, 3.8) is 0 Å². The van der Waals surface area contributed by atoms with E-state index in [1.807, 2.05) is 0 Å². The minimum Gasteiger partial charge on any atom is -0.486 e. The van der Waals surface area contributed by atoms with Gasteiger partial charge >= 0.3 is 0 Å². The third-order valence-corrected chi connectivity index (χ3v) is 3.00. The van der Waals surface area contributed by atoms with E-state index < -0.39 is 0 Å². The van der Waals surface area contributed by atoms with Gasteiger partial charge in [-0.2, -0.15) is 0 Å². The number of rotatable bonds is 3. The molecule has 0 saturated heterocycles. The maximum atomic E-state index is 5.79. The Morgan fingerprint density at radius 3 is 3.21 bits per heavy atom. The number of allylic oxidation sites excluding steroid dienone is 2. The number of ether oxygens (including phenoxy) is 1. The van der Waals surface area contributed by atoms with E-state index in [-0.39, 0.29) is 0 Å². The highest BCUT2D eigenvalue weighted by atomic mass is 16.5. The Kier molecular flexibility index (Phi) is 2.76. The first-order valence-corrected chi connectivity index (χ1v) is 5.58. The fourth-order valence-electron chi connectivity index (χ4n) is 2.22. The second-order valence-electron chi connectivity index (χ2n) is 4.05. The lowest BCUT2D eigenvalue weighted by Gasteiger charge is -2.14. The van der Waals surface area contributed by atoms with Crippen molar-refractivity contribution in [1.29, 1.82) is 0 Å². The van der Waals surface area contributed by atoms with E-state index in [2.05, 4.69) is 25.7 Å². The van der Waals surface area contributed by atoms with E-state index in [1.165, 1.54) is 30.4 Å². The predicted molar refractivity (Wildman–Crippen MR) is 58.9 cm³/mol. The molecule has 0 aromatic carbocycles. The standard InChI is InChI=1S/C13H18O/c1-3-4-9-13-12-8-6-5-7-11(12)10(2)14-13/h5,7,13H,2-4,6,8-9H2,1H3. The van der Waals surface area contributed by atoms with Crippen molar-refractivity contribution in [3.8, 4) is 0 Å². The third kappa shape index (κ3) is 1.63. The first-order chi connectivity index (χ1) is 6.83. The minimum absolute atomic E-state index is 0.336. The zero-order valence-corrected chi connectivity index (χ0v) is 8.88. The van der Waals surface area contributed by atoms with Crippen LogP contribution in [0.15, 0.2) is 35.6 Å². The number of unbranched alkanes of at least 4 members (excludes halogenated alkanes) is 1. The molecule has 76 valence electrons. The summed E-state index contributed by atoms with van der Waals surface area (Å²) in [6.45, 7) is 6.19. The second kappa shape index (κ2) is 4.04. The molecule has 0 bridgehead atoms. The molecule has 1 unspecified atom stereocenters. The highest BCUT2D eigenvalue weighted by molar-refractivity contribution is 5.46. The number of hydrogen-bond acceptors (Lipinski definition) is 1. The van der Waals surface area contributed by atoms with Gasteiger partial charge in [-0.05, 0) is 31.3 Å². The Morgan fingerprint density at radius 1 is 1.57 bits per heavy atom. The molecule has 0 amide bonds. The van der Waals surface area contributed by atoms with Gasteiger partial charge < -0.3 is 4.74 Å². The zero-order chi connectivity index (χ0) is 9.97. The summed E-state index contributed by atoms with van der Waals surface area (Å²) in [6.07, 6.45) is 10.7. The maximum Gasteiger partial charge on any atom is 0.121 e. The largest absolute Gasteiger partial charge is 0.486 e. The van der Waals surface area contributed by atoms with Crippen LogP contribution in [0.4, 0.5) is 0 Å². The van der Waals surface area contributed by atoms with Crippen LogP contribution in [0.3, 0.4) is 0 Å². The molecule has 0 aromatic rings. The normalized spacial score (nSPS) is 25.2. The number of hydrogen-bond donors (Lipinski definition) is 0. The molecule has 1 atom stereocenters. The van der Waals surface area contributed by atoms with E-state index in [0.717, 1.165) is 18.6 Å². The van der Waals surface area contributed by atoms with Crippen LogP contribution in [0.5, 0.6) is 0 Å². The molecule has 0 N–H and O–H groups in total. The van der Waals surface area contributed by atoms with Gasteiger partial charge in [-0.3, -0.25) is 0 Å².